The van der Waals surface area contributed by atoms with Crippen LogP contribution in [0.15, 0.2) is 42.6 Å². The van der Waals surface area contributed by atoms with Gasteiger partial charge in [0, 0.05) is 11.8 Å². The molecule has 1 aromatic carbocycles. The number of hydrogen-bond acceptors (Lipinski definition) is 4. The van der Waals surface area contributed by atoms with Gasteiger partial charge in [0.1, 0.15) is 5.75 Å². The van der Waals surface area contributed by atoms with Crippen molar-refractivity contribution >= 4 is 17.4 Å². The Kier molecular flexibility index (Phi) is 4.09. The third kappa shape index (κ3) is 3.41. The minimum absolute atomic E-state index is 0.0957. The second-order valence-electron chi connectivity index (χ2n) is 3.80. The third-order valence-electron chi connectivity index (χ3n) is 2.39. The second-order valence-corrected chi connectivity index (χ2v) is 3.80. The summed E-state index contributed by atoms with van der Waals surface area (Å²) in [5.74, 6) is -0.408. The molecule has 0 saturated heterocycles. The largest absolute Gasteiger partial charge is 0.435 e. The van der Waals surface area contributed by atoms with Gasteiger partial charge in [-0.15, -0.1) is 0 Å². The van der Waals surface area contributed by atoms with Crippen molar-refractivity contribution in [3.8, 4) is 5.75 Å². The highest BCUT2D eigenvalue weighted by atomic mass is 19.3. The van der Waals surface area contributed by atoms with Crippen LogP contribution < -0.4 is 15.8 Å². The van der Waals surface area contributed by atoms with E-state index in [-0.39, 0.29) is 17.1 Å². The molecule has 0 radical (unpaired) electrons. The number of nitrogens with two attached hydrogens (primary N) is 1. The average Bonchev–Trinajstić information content (AvgIpc) is 2.41. The molecule has 2 rings (SSSR count). The van der Waals surface area contributed by atoms with Crippen LogP contribution in [0.5, 0.6) is 5.75 Å². The molecule has 0 bridgehead atoms. The van der Waals surface area contributed by atoms with Gasteiger partial charge < -0.3 is 15.8 Å². The summed E-state index contributed by atoms with van der Waals surface area (Å²) >= 11 is 0. The van der Waals surface area contributed by atoms with Crippen LogP contribution in [0.25, 0.3) is 0 Å². The molecule has 104 valence electrons. The lowest BCUT2D eigenvalue weighted by Gasteiger charge is -2.08. The number of hydrogen-bond donors (Lipinski definition) is 2. The number of pyridine rings is 1. The molecule has 0 fully saturated rings. The molecule has 1 amide bonds. The monoisotopic (exact) mass is 279 g/mol. The Morgan fingerprint density at radius 3 is 2.80 bits per heavy atom. The normalized spacial score (nSPS) is 10.3. The number of amides is 1. The molecule has 1 aromatic heterocycles. The Morgan fingerprint density at radius 1 is 1.30 bits per heavy atom. The van der Waals surface area contributed by atoms with Crippen molar-refractivity contribution in [2.45, 2.75) is 6.61 Å². The van der Waals surface area contributed by atoms with Crippen molar-refractivity contribution in [2.75, 3.05) is 11.1 Å². The summed E-state index contributed by atoms with van der Waals surface area (Å²) in [6, 6.07) is 8.65. The van der Waals surface area contributed by atoms with Crippen LogP contribution in [0.2, 0.25) is 0 Å². The highest BCUT2D eigenvalue weighted by molar-refractivity contribution is 6.05. The molecule has 0 saturated carbocycles. The molecule has 0 aliphatic carbocycles. The molecule has 7 heteroatoms. The molecule has 5 nitrogen and oxygen atoms in total. The fraction of sp³-hybridized carbons (Fsp3) is 0.0769. The second kappa shape index (κ2) is 5.96. The Morgan fingerprint density at radius 2 is 2.10 bits per heavy atom. The van der Waals surface area contributed by atoms with Crippen molar-refractivity contribution in [3.63, 3.8) is 0 Å². The molecular weight excluding hydrogens is 268 g/mol. The van der Waals surface area contributed by atoms with Gasteiger partial charge in [0.2, 0.25) is 0 Å². The minimum atomic E-state index is -2.94. The van der Waals surface area contributed by atoms with E-state index in [4.69, 9.17) is 5.73 Å². The predicted octanol–water partition coefficient (Wildman–Crippen LogP) is 2.52. The lowest BCUT2D eigenvalue weighted by atomic mass is 10.2. The first-order valence-corrected chi connectivity index (χ1v) is 5.63. The highest BCUT2D eigenvalue weighted by Gasteiger charge is 2.11. The standard InChI is InChI=1S/C13H11F2N3O2/c14-13(15)20-9-4-1-3-8(7-9)12(19)18-11-10(16)5-2-6-17-11/h1-7,13H,16H2,(H,17,18,19). The Bertz CT molecular complexity index is 620. The van der Waals surface area contributed by atoms with Gasteiger partial charge in [-0.2, -0.15) is 8.78 Å². The molecule has 20 heavy (non-hydrogen) atoms. The summed E-state index contributed by atoms with van der Waals surface area (Å²) in [6.07, 6.45) is 1.47. The van der Waals surface area contributed by atoms with E-state index in [1.807, 2.05) is 0 Å². The maximum atomic E-state index is 12.1. The fourth-order valence-electron chi connectivity index (χ4n) is 1.52. The molecule has 1 heterocycles. The van der Waals surface area contributed by atoms with Gasteiger partial charge in [-0.1, -0.05) is 6.07 Å². The molecule has 3 N–H and O–H groups in total. The molecule has 0 atom stereocenters. The van der Waals surface area contributed by atoms with Crippen molar-refractivity contribution in [1.82, 2.24) is 4.98 Å². The van der Waals surface area contributed by atoms with Gasteiger partial charge >= 0.3 is 6.61 Å². The summed E-state index contributed by atoms with van der Waals surface area (Å²) in [6.45, 7) is -2.94. The quantitative estimate of drug-likeness (QED) is 0.901. The van der Waals surface area contributed by atoms with Gasteiger partial charge in [-0.25, -0.2) is 4.98 Å². The molecule has 0 unspecified atom stereocenters. The van der Waals surface area contributed by atoms with E-state index in [1.165, 1.54) is 30.5 Å². The molecule has 0 aliphatic heterocycles. The number of anilines is 2. The van der Waals surface area contributed by atoms with Crippen molar-refractivity contribution in [1.29, 1.82) is 0 Å². The maximum Gasteiger partial charge on any atom is 0.387 e. The maximum absolute atomic E-state index is 12.1. The van der Waals surface area contributed by atoms with Crippen molar-refractivity contribution < 1.29 is 18.3 Å². The van der Waals surface area contributed by atoms with Crippen LogP contribution in [0, 0.1) is 0 Å². The molecular formula is C13H11F2N3O2. The molecule has 0 spiro atoms. The fourth-order valence-corrected chi connectivity index (χ4v) is 1.52. The Labute approximate surface area is 113 Å². The van der Waals surface area contributed by atoms with Crippen LogP contribution in [0.3, 0.4) is 0 Å². The number of ether oxygens (including phenoxy) is 1. The Hall–Kier alpha value is -2.70. The van der Waals surface area contributed by atoms with Gasteiger partial charge in [-0.05, 0) is 30.3 Å². The van der Waals surface area contributed by atoms with E-state index < -0.39 is 12.5 Å². The number of carbonyl (C=O) groups is 1. The topological polar surface area (TPSA) is 77.2 Å². The number of nitrogens with one attached hydrogen (secondary N) is 1. The number of nitrogen functional groups attached to an aromatic ring is 1. The van der Waals surface area contributed by atoms with E-state index in [1.54, 1.807) is 12.1 Å². The number of carbonyl (C=O) groups excluding carboxylic acids is 1. The van der Waals surface area contributed by atoms with Crippen molar-refractivity contribution in [3.05, 3.63) is 48.2 Å². The summed E-state index contributed by atoms with van der Waals surface area (Å²) in [4.78, 5) is 15.9. The van der Waals surface area contributed by atoms with Gasteiger partial charge in [0.15, 0.2) is 5.82 Å². The number of aromatic nitrogens is 1. The summed E-state index contributed by atoms with van der Waals surface area (Å²) in [5.41, 5.74) is 6.11. The predicted molar refractivity (Wildman–Crippen MR) is 69.7 cm³/mol. The minimum Gasteiger partial charge on any atom is -0.435 e. The number of alkyl halides is 2. The first-order chi connectivity index (χ1) is 9.56. The number of nitrogens with zero attached hydrogens (tertiary/aromatic N) is 1. The highest BCUT2D eigenvalue weighted by Crippen LogP contribution is 2.18. The van der Waals surface area contributed by atoms with Crippen LogP contribution in [0.1, 0.15) is 10.4 Å². The van der Waals surface area contributed by atoms with Crippen LogP contribution in [-0.2, 0) is 0 Å². The van der Waals surface area contributed by atoms with Gasteiger partial charge in [-0.3, -0.25) is 4.79 Å². The van der Waals surface area contributed by atoms with Crippen LogP contribution in [0.4, 0.5) is 20.3 Å². The Balaban J connectivity index is 2.15. The zero-order valence-electron chi connectivity index (χ0n) is 10.2. The number of halogens is 2. The zero-order valence-corrected chi connectivity index (χ0v) is 10.2. The summed E-state index contributed by atoms with van der Waals surface area (Å²) < 4.78 is 28.4. The summed E-state index contributed by atoms with van der Waals surface area (Å²) in [7, 11) is 0. The van der Waals surface area contributed by atoms with E-state index >= 15 is 0 Å². The van der Waals surface area contributed by atoms with Crippen LogP contribution >= 0.6 is 0 Å². The zero-order chi connectivity index (χ0) is 14.5. The van der Waals surface area contributed by atoms with E-state index in [9.17, 15) is 13.6 Å². The van der Waals surface area contributed by atoms with E-state index in [0.29, 0.717) is 5.69 Å². The van der Waals surface area contributed by atoms with Gasteiger partial charge in [0.05, 0.1) is 5.69 Å². The van der Waals surface area contributed by atoms with Gasteiger partial charge in [0.25, 0.3) is 5.91 Å². The van der Waals surface area contributed by atoms with E-state index in [0.717, 1.165) is 0 Å². The first kappa shape index (κ1) is 13.7. The molecule has 2 aromatic rings. The summed E-state index contributed by atoms with van der Waals surface area (Å²) in [5, 5.41) is 2.49. The third-order valence-corrected chi connectivity index (χ3v) is 2.39. The SMILES string of the molecule is Nc1cccnc1NC(=O)c1cccc(OC(F)F)c1. The molecule has 0 aliphatic rings. The van der Waals surface area contributed by atoms with E-state index in [2.05, 4.69) is 15.0 Å². The van der Waals surface area contributed by atoms with Crippen molar-refractivity contribution in [2.24, 2.45) is 0 Å². The number of benzene rings is 1. The average molecular weight is 279 g/mol. The van der Waals surface area contributed by atoms with Crippen LogP contribution in [-0.4, -0.2) is 17.5 Å². The lowest BCUT2D eigenvalue weighted by Crippen LogP contribution is -2.14. The lowest BCUT2D eigenvalue weighted by molar-refractivity contribution is -0.0498. The smallest absolute Gasteiger partial charge is 0.387 e. The first-order valence-electron chi connectivity index (χ1n) is 5.63. The number of rotatable bonds is 4.